The predicted molar refractivity (Wildman–Crippen MR) is 99.3 cm³/mol. The average molecular weight is 360 g/mol. The lowest BCUT2D eigenvalue weighted by Gasteiger charge is -2.14. The Kier molecular flexibility index (Phi) is 5.11. The number of hydrogen-bond donors (Lipinski definition) is 1. The van der Waals surface area contributed by atoms with E-state index < -0.39 is 5.25 Å². The maximum absolute atomic E-state index is 12.0. The summed E-state index contributed by atoms with van der Waals surface area (Å²) in [5.41, 5.74) is 8.36. The number of aryl methyl sites for hydroxylation is 1. The van der Waals surface area contributed by atoms with Gasteiger partial charge in [0.1, 0.15) is 5.25 Å². The van der Waals surface area contributed by atoms with Crippen LogP contribution in [0, 0.1) is 0 Å². The van der Waals surface area contributed by atoms with E-state index in [1.54, 1.807) is 0 Å². The smallest absolute Gasteiger partial charge is 0.235 e. The van der Waals surface area contributed by atoms with E-state index >= 15 is 0 Å². The number of primary amides is 1. The summed E-state index contributed by atoms with van der Waals surface area (Å²) < 4.78 is 2.12. The standard InChI is InChI=1S/C18H18ClN3OS/c1-2-10-22-15-9-8-13(19)11-14(15)21-18(22)24-16(17(20)23)12-6-4-3-5-7-12/h3-9,11,16H,2,10H2,1H3,(H2,20,23). The van der Waals surface area contributed by atoms with Crippen LogP contribution in [0.15, 0.2) is 53.7 Å². The van der Waals surface area contributed by atoms with E-state index in [-0.39, 0.29) is 5.91 Å². The van der Waals surface area contributed by atoms with Crippen molar-refractivity contribution in [3.63, 3.8) is 0 Å². The molecule has 1 atom stereocenters. The molecule has 2 N–H and O–H groups in total. The van der Waals surface area contributed by atoms with Crippen molar-refractivity contribution in [2.45, 2.75) is 30.3 Å². The summed E-state index contributed by atoms with van der Waals surface area (Å²) in [6.45, 7) is 2.93. The topological polar surface area (TPSA) is 60.9 Å². The molecule has 1 unspecified atom stereocenters. The highest BCUT2D eigenvalue weighted by molar-refractivity contribution is 8.00. The zero-order chi connectivity index (χ0) is 17.1. The van der Waals surface area contributed by atoms with E-state index in [2.05, 4.69) is 16.5 Å². The molecule has 0 saturated heterocycles. The quantitative estimate of drug-likeness (QED) is 0.663. The highest BCUT2D eigenvalue weighted by atomic mass is 35.5. The molecule has 0 fully saturated rings. The van der Waals surface area contributed by atoms with Gasteiger partial charge in [0.15, 0.2) is 5.16 Å². The minimum atomic E-state index is -0.478. The van der Waals surface area contributed by atoms with Gasteiger partial charge in [-0.1, -0.05) is 60.6 Å². The van der Waals surface area contributed by atoms with Gasteiger partial charge in [0, 0.05) is 11.6 Å². The second-order valence-electron chi connectivity index (χ2n) is 5.49. The predicted octanol–water partition coefficient (Wildman–Crippen LogP) is 4.42. The molecule has 1 heterocycles. The summed E-state index contributed by atoms with van der Waals surface area (Å²) in [5, 5.41) is 0.950. The van der Waals surface area contributed by atoms with Crippen LogP contribution in [-0.2, 0) is 11.3 Å². The third kappa shape index (κ3) is 3.42. The summed E-state index contributed by atoms with van der Waals surface area (Å²) in [7, 11) is 0. The van der Waals surface area contributed by atoms with Crippen molar-refractivity contribution in [1.82, 2.24) is 9.55 Å². The van der Waals surface area contributed by atoms with Crippen molar-refractivity contribution < 1.29 is 4.79 Å². The van der Waals surface area contributed by atoms with Crippen LogP contribution >= 0.6 is 23.4 Å². The molecule has 1 aromatic heterocycles. The molecule has 1 amide bonds. The van der Waals surface area contributed by atoms with E-state index in [1.807, 2.05) is 48.5 Å². The number of thioether (sulfide) groups is 1. The number of fused-ring (bicyclic) bond motifs is 1. The van der Waals surface area contributed by atoms with Crippen molar-refractivity contribution in [2.75, 3.05) is 0 Å². The van der Waals surface area contributed by atoms with Crippen molar-refractivity contribution >= 4 is 40.3 Å². The zero-order valence-electron chi connectivity index (χ0n) is 13.3. The number of hydrogen-bond acceptors (Lipinski definition) is 3. The summed E-state index contributed by atoms with van der Waals surface area (Å²) in [6, 6.07) is 15.2. The highest BCUT2D eigenvalue weighted by Gasteiger charge is 2.23. The number of halogens is 1. The van der Waals surface area contributed by atoms with E-state index in [0.717, 1.165) is 34.7 Å². The van der Waals surface area contributed by atoms with E-state index in [1.165, 1.54) is 11.8 Å². The number of imidazole rings is 1. The molecule has 4 nitrogen and oxygen atoms in total. The number of nitrogens with two attached hydrogens (primary N) is 1. The molecular weight excluding hydrogens is 342 g/mol. The van der Waals surface area contributed by atoms with Crippen LogP contribution in [0.5, 0.6) is 0 Å². The molecular formula is C18H18ClN3OS. The first-order valence-electron chi connectivity index (χ1n) is 7.77. The number of amides is 1. The lowest BCUT2D eigenvalue weighted by atomic mass is 10.1. The van der Waals surface area contributed by atoms with Crippen LogP contribution in [0.3, 0.4) is 0 Å². The van der Waals surface area contributed by atoms with Gasteiger partial charge in [0.2, 0.25) is 5.91 Å². The highest BCUT2D eigenvalue weighted by Crippen LogP contribution is 2.36. The van der Waals surface area contributed by atoms with Crippen LogP contribution in [0.2, 0.25) is 5.02 Å². The monoisotopic (exact) mass is 359 g/mol. The molecule has 0 aliphatic carbocycles. The van der Waals surface area contributed by atoms with Gasteiger partial charge in [-0.25, -0.2) is 4.98 Å². The first-order chi connectivity index (χ1) is 11.6. The van der Waals surface area contributed by atoms with Crippen molar-refractivity contribution in [1.29, 1.82) is 0 Å². The SMILES string of the molecule is CCCn1c(SC(C(N)=O)c2ccccc2)nc2cc(Cl)ccc21. The molecule has 0 radical (unpaired) electrons. The molecule has 0 spiro atoms. The van der Waals surface area contributed by atoms with Crippen molar-refractivity contribution in [3.8, 4) is 0 Å². The van der Waals surface area contributed by atoms with Gasteiger partial charge in [0.05, 0.1) is 11.0 Å². The lowest BCUT2D eigenvalue weighted by Crippen LogP contribution is -2.19. The Hall–Kier alpha value is -1.98. The van der Waals surface area contributed by atoms with Gasteiger partial charge in [-0.2, -0.15) is 0 Å². The van der Waals surface area contributed by atoms with Gasteiger partial charge in [-0.15, -0.1) is 0 Å². The fourth-order valence-corrected chi connectivity index (χ4v) is 3.89. The molecule has 0 bridgehead atoms. The number of carbonyl (C=O) groups is 1. The van der Waals surface area contributed by atoms with Gasteiger partial charge in [0.25, 0.3) is 0 Å². The van der Waals surface area contributed by atoms with Crippen LogP contribution in [0.1, 0.15) is 24.2 Å². The summed E-state index contributed by atoms with van der Waals surface area (Å²) >= 11 is 7.46. The molecule has 3 rings (SSSR count). The van der Waals surface area contributed by atoms with E-state index in [0.29, 0.717) is 5.02 Å². The summed E-state index contributed by atoms with van der Waals surface area (Å²) in [5.74, 6) is -0.376. The molecule has 124 valence electrons. The van der Waals surface area contributed by atoms with Gasteiger partial charge in [-0.05, 0) is 30.2 Å². The maximum atomic E-state index is 12.0. The number of nitrogens with zero attached hydrogens (tertiary/aromatic N) is 2. The van der Waals surface area contributed by atoms with E-state index in [4.69, 9.17) is 17.3 Å². The molecule has 0 aliphatic heterocycles. The number of carbonyl (C=O) groups excluding carboxylic acids is 1. The molecule has 24 heavy (non-hydrogen) atoms. The Bertz CT molecular complexity index is 863. The fourth-order valence-electron chi connectivity index (χ4n) is 2.63. The Morgan fingerprint density at radius 3 is 2.71 bits per heavy atom. The molecule has 2 aromatic carbocycles. The summed E-state index contributed by atoms with van der Waals surface area (Å²) in [4.78, 5) is 16.7. The third-order valence-electron chi connectivity index (χ3n) is 3.71. The Morgan fingerprint density at radius 2 is 2.04 bits per heavy atom. The van der Waals surface area contributed by atoms with Crippen LogP contribution in [0.25, 0.3) is 11.0 Å². The second kappa shape index (κ2) is 7.28. The Morgan fingerprint density at radius 1 is 1.29 bits per heavy atom. The van der Waals surface area contributed by atoms with E-state index in [9.17, 15) is 4.79 Å². The number of rotatable bonds is 6. The molecule has 0 aliphatic rings. The van der Waals surface area contributed by atoms with Crippen LogP contribution in [-0.4, -0.2) is 15.5 Å². The Balaban J connectivity index is 2.04. The molecule has 3 aromatic rings. The third-order valence-corrected chi connectivity index (χ3v) is 5.20. The largest absolute Gasteiger partial charge is 0.368 e. The fraction of sp³-hybridized carbons (Fsp3) is 0.222. The molecule has 6 heteroatoms. The van der Waals surface area contributed by atoms with Crippen LogP contribution in [0.4, 0.5) is 0 Å². The first kappa shape index (κ1) is 16.9. The zero-order valence-corrected chi connectivity index (χ0v) is 14.8. The lowest BCUT2D eigenvalue weighted by molar-refractivity contribution is -0.117. The normalized spacial score (nSPS) is 12.4. The second-order valence-corrected chi connectivity index (χ2v) is 7.00. The average Bonchev–Trinajstić information content (AvgIpc) is 2.90. The van der Waals surface area contributed by atoms with Crippen molar-refractivity contribution in [2.24, 2.45) is 5.73 Å². The van der Waals surface area contributed by atoms with Gasteiger partial charge in [-0.3, -0.25) is 4.79 Å². The first-order valence-corrected chi connectivity index (χ1v) is 9.02. The summed E-state index contributed by atoms with van der Waals surface area (Å²) in [6.07, 6.45) is 0.966. The Labute approximate surface area is 150 Å². The maximum Gasteiger partial charge on any atom is 0.235 e. The van der Waals surface area contributed by atoms with Crippen LogP contribution < -0.4 is 5.73 Å². The van der Waals surface area contributed by atoms with Gasteiger partial charge >= 0.3 is 0 Å². The molecule has 0 saturated carbocycles. The minimum Gasteiger partial charge on any atom is -0.368 e. The van der Waals surface area contributed by atoms with Crippen molar-refractivity contribution in [3.05, 3.63) is 59.1 Å². The minimum absolute atomic E-state index is 0.376. The van der Waals surface area contributed by atoms with Gasteiger partial charge < -0.3 is 10.3 Å². The number of benzene rings is 2. The number of aromatic nitrogens is 2.